The third-order valence-electron chi connectivity index (χ3n) is 6.83. The van der Waals surface area contributed by atoms with Crippen LogP contribution in [-0.4, -0.2) is 74.6 Å². The molecule has 1 N–H and O–H groups in total. The topological polar surface area (TPSA) is 38.8 Å². The molecule has 3 fully saturated rings. The van der Waals surface area contributed by atoms with Gasteiger partial charge in [0.05, 0.1) is 5.41 Å². The fourth-order valence-electron chi connectivity index (χ4n) is 5.07. The van der Waals surface area contributed by atoms with Crippen LogP contribution in [0.1, 0.15) is 25.7 Å². The number of carbonyl (C=O) groups is 1. The summed E-state index contributed by atoms with van der Waals surface area (Å²) in [7, 11) is 2.01. The molecule has 1 amide bonds. The van der Waals surface area contributed by atoms with Crippen molar-refractivity contribution in [2.75, 3.05) is 57.8 Å². The number of hydrogen-bond donors (Lipinski definition) is 1. The van der Waals surface area contributed by atoms with E-state index in [-0.39, 0.29) is 5.41 Å². The highest BCUT2D eigenvalue weighted by atomic mass is 35.5. The Morgan fingerprint density at radius 2 is 1.93 bits per heavy atom. The van der Waals surface area contributed by atoms with Crippen molar-refractivity contribution in [1.29, 1.82) is 0 Å². The number of piperidine rings is 1. The van der Waals surface area contributed by atoms with Crippen LogP contribution < -0.4 is 10.2 Å². The summed E-state index contributed by atoms with van der Waals surface area (Å²) in [4.78, 5) is 19.8. The van der Waals surface area contributed by atoms with E-state index in [0.29, 0.717) is 11.9 Å². The van der Waals surface area contributed by atoms with E-state index in [2.05, 4.69) is 27.2 Å². The first-order valence-electron chi connectivity index (χ1n) is 10.3. The van der Waals surface area contributed by atoms with Gasteiger partial charge in [0.2, 0.25) is 5.91 Å². The lowest BCUT2D eigenvalue weighted by molar-refractivity contribution is -0.136. The predicted octanol–water partition coefficient (Wildman–Crippen LogP) is 2.45. The Hall–Kier alpha value is -1.30. The van der Waals surface area contributed by atoms with E-state index in [9.17, 15) is 4.79 Å². The Bertz CT molecular complexity index is 668. The highest BCUT2D eigenvalue weighted by molar-refractivity contribution is 6.30. The first-order valence-corrected chi connectivity index (χ1v) is 10.7. The van der Waals surface area contributed by atoms with E-state index in [1.54, 1.807) is 0 Å². The van der Waals surface area contributed by atoms with Gasteiger partial charge in [-0.05, 0) is 57.0 Å². The van der Waals surface area contributed by atoms with Crippen LogP contribution in [0.5, 0.6) is 0 Å². The molecule has 1 aromatic carbocycles. The van der Waals surface area contributed by atoms with Crippen LogP contribution in [0.15, 0.2) is 24.3 Å². The lowest BCUT2D eigenvalue weighted by Crippen LogP contribution is -2.47. The lowest BCUT2D eigenvalue weighted by atomic mass is 9.76. The van der Waals surface area contributed by atoms with Crippen molar-refractivity contribution >= 4 is 23.2 Å². The fraction of sp³-hybridized carbons (Fsp3) is 0.667. The van der Waals surface area contributed by atoms with Gasteiger partial charge >= 0.3 is 0 Å². The second kappa shape index (κ2) is 7.98. The van der Waals surface area contributed by atoms with Crippen molar-refractivity contribution in [3.8, 4) is 0 Å². The Morgan fingerprint density at radius 1 is 1.19 bits per heavy atom. The number of anilines is 1. The van der Waals surface area contributed by atoms with Crippen LogP contribution in [0.3, 0.4) is 0 Å². The normalized spacial score (nSPS) is 26.1. The Kier molecular flexibility index (Phi) is 5.62. The van der Waals surface area contributed by atoms with Gasteiger partial charge in [-0.25, -0.2) is 0 Å². The minimum absolute atomic E-state index is 0.0735. The molecule has 5 nitrogen and oxygen atoms in total. The smallest absolute Gasteiger partial charge is 0.228 e. The van der Waals surface area contributed by atoms with Gasteiger partial charge in [0.1, 0.15) is 0 Å². The van der Waals surface area contributed by atoms with Crippen LogP contribution in [0, 0.1) is 5.41 Å². The molecule has 6 heteroatoms. The summed E-state index contributed by atoms with van der Waals surface area (Å²) >= 11 is 6.13. The lowest BCUT2D eigenvalue weighted by Gasteiger charge is -2.37. The van der Waals surface area contributed by atoms with Gasteiger partial charge in [0.25, 0.3) is 0 Å². The molecule has 27 heavy (non-hydrogen) atoms. The predicted molar refractivity (Wildman–Crippen MR) is 110 cm³/mol. The zero-order valence-electron chi connectivity index (χ0n) is 16.3. The van der Waals surface area contributed by atoms with Crippen molar-refractivity contribution in [3.63, 3.8) is 0 Å². The molecular formula is C21H31ClN4O. The Morgan fingerprint density at radius 3 is 2.63 bits per heavy atom. The first kappa shape index (κ1) is 19.0. The van der Waals surface area contributed by atoms with Crippen molar-refractivity contribution in [3.05, 3.63) is 29.3 Å². The van der Waals surface area contributed by atoms with Gasteiger partial charge < -0.3 is 15.1 Å². The standard InChI is InChI=1S/C21H31ClN4O/c1-24-19(16-21(20(24)27)6-8-23-9-7-21)5-10-25-11-13-26(14-12-25)18-4-2-3-17(22)15-18/h2-4,15,19,23H,5-14,16H2,1H3/t19-/m0/s1. The fourth-order valence-corrected chi connectivity index (χ4v) is 5.25. The van der Waals surface area contributed by atoms with E-state index >= 15 is 0 Å². The summed E-state index contributed by atoms with van der Waals surface area (Å²) in [5.74, 6) is 0.389. The monoisotopic (exact) mass is 390 g/mol. The molecule has 3 heterocycles. The van der Waals surface area contributed by atoms with Crippen molar-refractivity contribution < 1.29 is 4.79 Å². The zero-order chi connectivity index (χ0) is 18.9. The van der Waals surface area contributed by atoms with Gasteiger partial charge in [-0.1, -0.05) is 17.7 Å². The van der Waals surface area contributed by atoms with E-state index in [4.69, 9.17) is 11.6 Å². The van der Waals surface area contributed by atoms with Gasteiger partial charge in [-0.2, -0.15) is 0 Å². The van der Waals surface area contributed by atoms with Gasteiger partial charge in [-0.15, -0.1) is 0 Å². The molecule has 4 rings (SSSR count). The number of amides is 1. The van der Waals surface area contributed by atoms with Crippen LogP contribution >= 0.6 is 11.6 Å². The third kappa shape index (κ3) is 3.96. The van der Waals surface area contributed by atoms with Crippen molar-refractivity contribution in [2.45, 2.75) is 31.7 Å². The second-order valence-corrected chi connectivity index (χ2v) is 8.84. The van der Waals surface area contributed by atoms with E-state index in [1.807, 2.05) is 24.1 Å². The molecule has 0 unspecified atom stereocenters. The van der Waals surface area contributed by atoms with Crippen LogP contribution in [0.2, 0.25) is 5.02 Å². The van der Waals surface area contributed by atoms with Gasteiger partial charge in [-0.3, -0.25) is 9.69 Å². The quantitative estimate of drug-likeness (QED) is 0.857. The molecule has 0 aromatic heterocycles. The molecule has 3 aliphatic heterocycles. The molecule has 3 saturated heterocycles. The third-order valence-corrected chi connectivity index (χ3v) is 7.07. The number of rotatable bonds is 4. The summed E-state index contributed by atoms with van der Waals surface area (Å²) in [6.45, 7) is 7.28. The average molecular weight is 391 g/mol. The molecule has 0 saturated carbocycles. The molecule has 3 aliphatic rings. The van der Waals surface area contributed by atoms with Gasteiger partial charge in [0.15, 0.2) is 0 Å². The molecule has 1 spiro atoms. The second-order valence-electron chi connectivity index (χ2n) is 8.40. The van der Waals surface area contributed by atoms with E-state index in [1.165, 1.54) is 5.69 Å². The number of nitrogens with one attached hydrogen (secondary N) is 1. The summed E-state index contributed by atoms with van der Waals surface area (Å²) in [6, 6.07) is 8.54. The zero-order valence-corrected chi connectivity index (χ0v) is 17.0. The maximum atomic E-state index is 12.8. The molecule has 0 bridgehead atoms. The highest BCUT2D eigenvalue weighted by Crippen LogP contribution is 2.43. The number of hydrogen-bond acceptors (Lipinski definition) is 4. The maximum absolute atomic E-state index is 12.8. The van der Waals surface area contributed by atoms with Crippen LogP contribution in [-0.2, 0) is 4.79 Å². The molecule has 1 atom stereocenters. The Labute approximate surface area is 167 Å². The minimum Gasteiger partial charge on any atom is -0.369 e. The summed E-state index contributed by atoms with van der Waals surface area (Å²) in [6.07, 6.45) is 4.15. The largest absolute Gasteiger partial charge is 0.369 e. The average Bonchev–Trinajstić information content (AvgIpc) is 2.92. The SMILES string of the molecule is CN1C(=O)C2(CCNCC2)C[C@@H]1CCN1CCN(c2cccc(Cl)c2)CC1. The van der Waals surface area contributed by atoms with Crippen LogP contribution in [0.4, 0.5) is 5.69 Å². The van der Waals surface area contributed by atoms with Crippen molar-refractivity contribution in [1.82, 2.24) is 15.1 Å². The highest BCUT2D eigenvalue weighted by Gasteiger charge is 2.49. The number of carbonyl (C=O) groups excluding carboxylic acids is 1. The molecule has 148 valence electrons. The molecule has 0 radical (unpaired) electrons. The number of likely N-dealkylation sites (tertiary alicyclic amines) is 1. The molecule has 1 aromatic rings. The number of piperazine rings is 1. The maximum Gasteiger partial charge on any atom is 0.228 e. The molecule has 0 aliphatic carbocycles. The van der Waals surface area contributed by atoms with Gasteiger partial charge in [0, 0.05) is 56.5 Å². The number of nitrogens with zero attached hydrogens (tertiary/aromatic N) is 3. The summed E-state index contributed by atoms with van der Waals surface area (Å²) < 4.78 is 0. The first-order chi connectivity index (χ1) is 13.1. The van der Waals surface area contributed by atoms with Crippen molar-refractivity contribution in [2.24, 2.45) is 5.41 Å². The van der Waals surface area contributed by atoms with Crippen LogP contribution in [0.25, 0.3) is 0 Å². The number of halogens is 1. The minimum atomic E-state index is -0.0735. The van der Waals surface area contributed by atoms with E-state index < -0.39 is 0 Å². The number of benzene rings is 1. The van der Waals surface area contributed by atoms with E-state index in [0.717, 1.165) is 76.5 Å². The summed E-state index contributed by atoms with van der Waals surface area (Å²) in [5.41, 5.74) is 1.15. The summed E-state index contributed by atoms with van der Waals surface area (Å²) in [5, 5.41) is 4.20. The molecular weight excluding hydrogens is 360 g/mol. The Balaban J connectivity index is 1.27.